The normalized spacial score (nSPS) is 21.0. The molecule has 0 bridgehead atoms. The largest absolute Gasteiger partial charge is 0.490 e. The molecule has 3 N–H and O–H groups in total. The van der Waals surface area contributed by atoms with Gasteiger partial charge in [-0.3, -0.25) is 4.79 Å². The number of nitrogens with zero attached hydrogens (tertiary/aromatic N) is 2. The fraction of sp³-hybridized carbons (Fsp3) is 0.471. The summed E-state index contributed by atoms with van der Waals surface area (Å²) < 4.78 is 12.6. The fourth-order valence-corrected chi connectivity index (χ4v) is 5.44. The number of amides is 3. The van der Waals surface area contributed by atoms with Crippen molar-refractivity contribution in [3.63, 3.8) is 0 Å². The average molecular weight is 591 g/mol. The lowest BCUT2D eigenvalue weighted by Crippen LogP contribution is -2.47. The minimum absolute atomic E-state index is 0.0133. The van der Waals surface area contributed by atoms with E-state index in [4.69, 9.17) is 9.47 Å². The fourth-order valence-electron chi connectivity index (χ4n) is 5.44. The van der Waals surface area contributed by atoms with Gasteiger partial charge in [0, 0.05) is 36.7 Å². The molecule has 4 atom stereocenters. The number of likely N-dealkylation sites (N-methyl/N-ethyl adjacent to an activating group) is 1. The lowest BCUT2D eigenvalue weighted by molar-refractivity contribution is -0.0137. The third-order valence-electron chi connectivity index (χ3n) is 7.89. The second-order valence-electron chi connectivity index (χ2n) is 11.9. The molecule has 0 saturated heterocycles. The highest BCUT2D eigenvalue weighted by atomic mass is 16.5. The Kier molecular flexibility index (Phi) is 11.4. The molecule has 0 aromatic heterocycles. The summed E-state index contributed by atoms with van der Waals surface area (Å²) in [6, 6.07) is 17.9. The van der Waals surface area contributed by atoms with Gasteiger partial charge in [0.1, 0.15) is 5.75 Å². The number of hydrogen-bond acceptors (Lipinski definition) is 6. The van der Waals surface area contributed by atoms with E-state index in [1.165, 1.54) is 0 Å². The van der Waals surface area contributed by atoms with Gasteiger partial charge < -0.3 is 35.0 Å². The Morgan fingerprint density at radius 2 is 1.84 bits per heavy atom. The molecule has 3 amide bonds. The van der Waals surface area contributed by atoms with Crippen LogP contribution in [0.3, 0.4) is 0 Å². The zero-order valence-electron chi connectivity index (χ0n) is 26.0. The monoisotopic (exact) mass is 590 g/mol. The van der Waals surface area contributed by atoms with Crippen molar-refractivity contribution >= 4 is 34.1 Å². The molecule has 0 spiro atoms. The summed E-state index contributed by atoms with van der Waals surface area (Å²) in [5.74, 6) is 0.201. The Morgan fingerprint density at radius 1 is 1.07 bits per heavy atom. The van der Waals surface area contributed by atoms with Crippen LogP contribution < -0.4 is 15.4 Å². The molecule has 9 heteroatoms. The number of carbonyl (C=O) groups excluding carboxylic acids is 2. The van der Waals surface area contributed by atoms with Gasteiger partial charge >= 0.3 is 6.03 Å². The van der Waals surface area contributed by atoms with Crippen molar-refractivity contribution in [1.82, 2.24) is 9.80 Å². The van der Waals surface area contributed by atoms with Gasteiger partial charge in [-0.25, -0.2) is 4.79 Å². The van der Waals surface area contributed by atoms with E-state index < -0.39 is 12.1 Å². The van der Waals surface area contributed by atoms with Crippen LogP contribution in [0.4, 0.5) is 16.2 Å². The second-order valence-corrected chi connectivity index (χ2v) is 11.9. The highest BCUT2D eigenvalue weighted by Gasteiger charge is 2.30. The molecule has 3 aromatic rings. The molecule has 9 nitrogen and oxygen atoms in total. The van der Waals surface area contributed by atoms with Gasteiger partial charge in [-0.05, 0) is 76.9 Å². The first-order valence-electron chi connectivity index (χ1n) is 15.2. The third-order valence-corrected chi connectivity index (χ3v) is 7.89. The predicted molar refractivity (Wildman–Crippen MR) is 172 cm³/mol. The van der Waals surface area contributed by atoms with Crippen LogP contribution in [0, 0.1) is 5.92 Å². The first-order valence-corrected chi connectivity index (χ1v) is 15.2. The summed E-state index contributed by atoms with van der Waals surface area (Å²) in [5.41, 5.74) is 1.48. The molecule has 0 saturated carbocycles. The van der Waals surface area contributed by atoms with Crippen molar-refractivity contribution in [3.8, 4) is 5.75 Å². The van der Waals surface area contributed by atoms with Crippen LogP contribution in [-0.2, 0) is 4.74 Å². The highest BCUT2D eigenvalue weighted by Crippen LogP contribution is 2.29. The van der Waals surface area contributed by atoms with Crippen molar-refractivity contribution in [2.45, 2.75) is 58.3 Å². The van der Waals surface area contributed by atoms with E-state index in [9.17, 15) is 14.7 Å². The van der Waals surface area contributed by atoms with E-state index in [1.54, 1.807) is 23.1 Å². The number of nitrogens with one attached hydrogen (secondary N) is 2. The third kappa shape index (κ3) is 8.69. The molecule has 0 unspecified atom stereocenters. The number of aliphatic hydroxyl groups is 1. The Labute approximate surface area is 255 Å². The van der Waals surface area contributed by atoms with E-state index in [1.807, 2.05) is 70.4 Å². The maximum Gasteiger partial charge on any atom is 0.323 e. The molecule has 43 heavy (non-hydrogen) atoms. The van der Waals surface area contributed by atoms with E-state index in [-0.39, 0.29) is 30.6 Å². The van der Waals surface area contributed by atoms with Crippen LogP contribution in [0.25, 0.3) is 10.8 Å². The minimum Gasteiger partial charge on any atom is -0.490 e. The maximum atomic E-state index is 14.2. The zero-order valence-corrected chi connectivity index (χ0v) is 26.0. The van der Waals surface area contributed by atoms with Gasteiger partial charge in [0.2, 0.25) is 0 Å². The number of carbonyl (C=O) groups is 2. The van der Waals surface area contributed by atoms with Gasteiger partial charge in [0.25, 0.3) is 5.91 Å². The summed E-state index contributed by atoms with van der Waals surface area (Å²) in [6.45, 7) is 7.49. The molecule has 4 rings (SSSR count). The van der Waals surface area contributed by atoms with E-state index in [0.29, 0.717) is 35.8 Å². The highest BCUT2D eigenvalue weighted by molar-refractivity contribution is 6.07. The van der Waals surface area contributed by atoms with Crippen LogP contribution in [0.1, 0.15) is 50.4 Å². The van der Waals surface area contributed by atoms with Crippen LogP contribution in [0.15, 0.2) is 60.7 Å². The Hall–Kier alpha value is -3.66. The molecule has 0 fully saturated rings. The van der Waals surface area contributed by atoms with Crippen molar-refractivity contribution in [2.24, 2.45) is 5.92 Å². The summed E-state index contributed by atoms with van der Waals surface area (Å²) in [5, 5.41) is 17.9. The zero-order chi connectivity index (χ0) is 30.9. The summed E-state index contributed by atoms with van der Waals surface area (Å²) in [6.07, 6.45) is 2.48. The standard InChI is InChI=1S/C34H46N4O5/c1-23-20-38(24(2)22-39)33(40)29-19-27(35-34(41)36-30-15-10-13-26-12-6-7-14-28(26)30)16-17-31(29)43-25(3)11-8-9-18-42-32(23)21-37(4)5/h6-7,10,12-17,19,23-25,32,39H,8-9,11,18,20-22H2,1-5H3,(H2,35,36,41)/t23-,24+,25-,32-/m1/s1. The van der Waals surface area contributed by atoms with Crippen molar-refractivity contribution in [1.29, 1.82) is 0 Å². The molecule has 0 aliphatic carbocycles. The van der Waals surface area contributed by atoms with Crippen LogP contribution in [0.5, 0.6) is 5.75 Å². The quantitative estimate of drug-likeness (QED) is 0.333. The first-order chi connectivity index (χ1) is 20.7. The molecular formula is C34H46N4O5. The van der Waals surface area contributed by atoms with Crippen molar-refractivity contribution < 1.29 is 24.2 Å². The lowest BCUT2D eigenvalue weighted by Gasteiger charge is -2.35. The molecule has 0 radical (unpaired) electrons. The van der Waals surface area contributed by atoms with E-state index >= 15 is 0 Å². The molecule has 1 aliphatic heterocycles. The summed E-state index contributed by atoms with van der Waals surface area (Å²) >= 11 is 0. The number of aliphatic hydroxyl groups excluding tert-OH is 1. The van der Waals surface area contributed by atoms with Crippen LogP contribution in [0.2, 0.25) is 0 Å². The van der Waals surface area contributed by atoms with Crippen LogP contribution in [-0.4, -0.2) is 85.5 Å². The topological polar surface area (TPSA) is 103 Å². The lowest BCUT2D eigenvalue weighted by atomic mass is 10.0. The average Bonchev–Trinajstić information content (AvgIpc) is 2.98. The Balaban J connectivity index is 1.63. The first kappa shape index (κ1) is 32.3. The Bertz CT molecular complexity index is 1370. The van der Waals surface area contributed by atoms with Gasteiger partial charge in [0.05, 0.1) is 36.1 Å². The molecule has 232 valence electrons. The number of fused-ring (bicyclic) bond motifs is 2. The van der Waals surface area contributed by atoms with Crippen LogP contribution >= 0.6 is 0 Å². The molecule has 1 aliphatic rings. The number of hydrogen-bond donors (Lipinski definition) is 3. The second kappa shape index (κ2) is 15.2. The predicted octanol–water partition coefficient (Wildman–Crippen LogP) is 5.84. The van der Waals surface area contributed by atoms with Gasteiger partial charge in [-0.1, -0.05) is 43.3 Å². The van der Waals surface area contributed by atoms with E-state index in [0.717, 1.165) is 36.6 Å². The smallest absolute Gasteiger partial charge is 0.323 e. The summed E-state index contributed by atoms with van der Waals surface area (Å²) in [4.78, 5) is 31.1. The number of urea groups is 1. The molecular weight excluding hydrogens is 544 g/mol. The SMILES string of the molecule is C[C@@H]1CCCCO[C@H](CN(C)C)[C@H](C)CN([C@@H](C)CO)C(=O)c2cc(NC(=O)Nc3cccc4ccccc34)ccc2O1. The number of ether oxygens (including phenoxy) is 2. The van der Waals surface area contributed by atoms with Crippen molar-refractivity contribution in [2.75, 3.05) is 51.0 Å². The maximum absolute atomic E-state index is 14.2. The van der Waals surface area contributed by atoms with Gasteiger partial charge in [-0.15, -0.1) is 0 Å². The minimum atomic E-state index is -0.431. The van der Waals surface area contributed by atoms with Gasteiger partial charge in [-0.2, -0.15) is 0 Å². The number of benzene rings is 3. The molecule has 1 heterocycles. The van der Waals surface area contributed by atoms with E-state index in [2.05, 4.69) is 22.5 Å². The number of anilines is 2. The van der Waals surface area contributed by atoms with Crippen molar-refractivity contribution in [3.05, 3.63) is 66.2 Å². The number of rotatable bonds is 6. The summed E-state index contributed by atoms with van der Waals surface area (Å²) in [7, 11) is 4.03. The Morgan fingerprint density at radius 3 is 2.60 bits per heavy atom. The molecule has 3 aromatic carbocycles. The van der Waals surface area contributed by atoms with Gasteiger partial charge in [0.15, 0.2) is 0 Å².